The van der Waals surface area contributed by atoms with Crippen molar-refractivity contribution < 1.29 is 24.3 Å². The summed E-state index contributed by atoms with van der Waals surface area (Å²) in [6.07, 6.45) is 0. The van der Waals surface area contributed by atoms with Gasteiger partial charge in [-0.2, -0.15) is 0 Å². The minimum atomic E-state index is -1.22. The maximum absolute atomic E-state index is 11.1. The summed E-state index contributed by atoms with van der Waals surface area (Å²) in [4.78, 5) is 21.8. The average Bonchev–Trinajstić information content (AvgIpc) is 2.81. The molecule has 1 aromatic carbocycles. The van der Waals surface area contributed by atoms with Crippen LogP contribution in [0.15, 0.2) is 22.7 Å². The summed E-state index contributed by atoms with van der Waals surface area (Å²) in [5, 5.41) is 21.5. The molecule has 0 amide bonds. The van der Waals surface area contributed by atoms with Crippen LogP contribution in [0.2, 0.25) is 0 Å². The number of carboxylic acids is 2. The second-order valence-electron chi connectivity index (χ2n) is 4.15. The molecule has 0 saturated heterocycles. The topological polar surface area (TPSA) is 101 Å². The maximum Gasteiger partial charge on any atom is 0.374 e. The molecule has 0 aliphatic carbocycles. The first-order chi connectivity index (χ1) is 8.90. The van der Waals surface area contributed by atoms with Crippen LogP contribution in [-0.4, -0.2) is 27.3 Å². The van der Waals surface area contributed by atoms with Crippen LogP contribution in [0.3, 0.4) is 0 Å². The van der Waals surface area contributed by atoms with Gasteiger partial charge in [-0.3, -0.25) is 0 Å². The van der Waals surface area contributed by atoms with Crippen molar-refractivity contribution in [3.8, 4) is 11.3 Å². The Morgan fingerprint density at radius 1 is 1.11 bits per heavy atom. The summed E-state index contributed by atoms with van der Waals surface area (Å²) in [7, 11) is 0. The predicted octanol–water partition coefficient (Wildman–Crippen LogP) is 2.35. The molecule has 0 aliphatic rings. The van der Waals surface area contributed by atoms with E-state index in [1.54, 1.807) is 19.9 Å². The molecule has 0 spiro atoms. The van der Waals surface area contributed by atoms with Gasteiger partial charge in [0.2, 0.25) is 5.76 Å². The van der Waals surface area contributed by atoms with Crippen LogP contribution in [0.5, 0.6) is 0 Å². The highest BCUT2D eigenvalue weighted by atomic mass is 16.5. The Morgan fingerprint density at radius 3 is 2.32 bits per heavy atom. The fourth-order valence-electron chi connectivity index (χ4n) is 1.74. The zero-order valence-corrected chi connectivity index (χ0v) is 10.3. The van der Waals surface area contributed by atoms with Gasteiger partial charge in [-0.25, -0.2) is 9.59 Å². The average molecular weight is 261 g/mol. The number of nitrogens with zero attached hydrogens (tertiary/aromatic N) is 1. The fourth-order valence-corrected chi connectivity index (χ4v) is 1.74. The second kappa shape index (κ2) is 4.56. The highest BCUT2D eigenvalue weighted by molar-refractivity contribution is 5.92. The van der Waals surface area contributed by atoms with Gasteiger partial charge < -0.3 is 14.7 Å². The van der Waals surface area contributed by atoms with Gasteiger partial charge in [0, 0.05) is 11.6 Å². The first-order valence-corrected chi connectivity index (χ1v) is 5.45. The molecule has 1 heterocycles. The third-order valence-corrected chi connectivity index (χ3v) is 2.91. The number of carboxylic acid groups (broad SMARTS) is 2. The number of hydrogen-bond donors (Lipinski definition) is 2. The van der Waals surface area contributed by atoms with Crippen LogP contribution in [0, 0.1) is 13.8 Å². The molecule has 2 aromatic rings. The molecule has 98 valence electrons. The fraction of sp³-hybridized carbons (Fsp3) is 0.154. The second-order valence-corrected chi connectivity index (χ2v) is 4.15. The lowest BCUT2D eigenvalue weighted by Crippen LogP contribution is -2.02. The van der Waals surface area contributed by atoms with E-state index in [-0.39, 0.29) is 11.3 Å². The summed E-state index contributed by atoms with van der Waals surface area (Å²) in [5.74, 6) is -2.55. The molecule has 6 heteroatoms. The maximum atomic E-state index is 11.1. The van der Waals surface area contributed by atoms with Crippen LogP contribution < -0.4 is 0 Å². The molecular formula is C13H11NO5. The Kier molecular flexibility index (Phi) is 3.08. The summed E-state index contributed by atoms with van der Waals surface area (Å²) >= 11 is 0. The number of aryl methyl sites for hydroxylation is 1. The van der Waals surface area contributed by atoms with E-state index in [1.165, 1.54) is 12.1 Å². The van der Waals surface area contributed by atoms with Crippen molar-refractivity contribution in [2.45, 2.75) is 13.8 Å². The van der Waals surface area contributed by atoms with E-state index in [0.29, 0.717) is 16.8 Å². The van der Waals surface area contributed by atoms with E-state index in [0.717, 1.165) is 5.56 Å². The molecule has 0 bridgehead atoms. The minimum absolute atomic E-state index is 0.162. The largest absolute Gasteiger partial charge is 0.478 e. The summed E-state index contributed by atoms with van der Waals surface area (Å²) in [6, 6.07) is 4.46. The lowest BCUT2D eigenvalue weighted by atomic mass is 9.98. The first kappa shape index (κ1) is 12.8. The molecule has 0 unspecified atom stereocenters. The third kappa shape index (κ3) is 2.33. The molecule has 0 radical (unpaired) electrons. The van der Waals surface area contributed by atoms with Crippen molar-refractivity contribution in [3.63, 3.8) is 0 Å². The highest BCUT2D eigenvalue weighted by Crippen LogP contribution is 2.25. The number of carbonyl (C=O) groups is 2. The minimum Gasteiger partial charge on any atom is -0.478 e. The Morgan fingerprint density at radius 2 is 1.79 bits per heavy atom. The predicted molar refractivity (Wildman–Crippen MR) is 65.3 cm³/mol. The Bertz CT molecular complexity index is 672. The van der Waals surface area contributed by atoms with Gasteiger partial charge in [-0.15, -0.1) is 0 Å². The van der Waals surface area contributed by atoms with Gasteiger partial charge in [0.1, 0.15) is 5.69 Å². The molecule has 1 aromatic heterocycles. The summed E-state index contributed by atoms with van der Waals surface area (Å²) in [5.41, 5.74) is 2.42. The smallest absolute Gasteiger partial charge is 0.374 e. The van der Waals surface area contributed by atoms with E-state index in [9.17, 15) is 9.59 Å². The van der Waals surface area contributed by atoms with Crippen LogP contribution in [0.1, 0.15) is 32.0 Å². The van der Waals surface area contributed by atoms with Crippen molar-refractivity contribution in [2.24, 2.45) is 0 Å². The van der Waals surface area contributed by atoms with E-state index in [1.807, 2.05) is 0 Å². The van der Waals surface area contributed by atoms with Gasteiger partial charge in [-0.1, -0.05) is 5.16 Å². The van der Waals surface area contributed by atoms with Crippen molar-refractivity contribution in [1.82, 2.24) is 5.16 Å². The van der Waals surface area contributed by atoms with Crippen molar-refractivity contribution in [1.29, 1.82) is 0 Å². The van der Waals surface area contributed by atoms with E-state index in [2.05, 4.69) is 9.68 Å². The van der Waals surface area contributed by atoms with E-state index < -0.39 is 11.9 Å². The zero-order chi connectivity index (χ0) is 14.2. The van der Waals surface area contributed by atoms with Crippen LogP contribution in [0.4, 0.5) is 0 Å². The van der Waals surface area contributed by atoms with Crippen molar-refractivity contribution in [3.05, 3.63) is 40.6 Å². The number of rotatable bonds is 3. The standard InChI is InChI=1S/C13H11NO5/c1-6-3-8(4-9(7(6)2)12(15)16)10-5-11(13(17)18)19-14-10/h3-5H,1-2H3,(H,15,16)(H,17,18). The van der Waals surface area contributed by atoms with Gasteiger partial charge in [0.15, 0.2) is 0 Å². The van der Waals surface area contributed by atoms with Gasteiger partial charge in [-0.05, 0) is 37.1 Å². The molecule has 0 saturated carbocycles. The lowest BCUT2D eigenvalue weighted by molar-refractivity contribution is 0.0650. The van der Waals surface area contributed by atoms with Crippen LogP contribution in [0.25, 0.3) is 11.3 Å². The molecule has 2 N–H and O–H groups in total. The SMILES string of the molecule is Cc1cc(-c2cc(C(=O)O)on2)cc(C(=O)O)c1C. The van der Waals surface area contributed by atoms with Crippen molar-refractivity contribution >= 4 is 11.9 Å². The number of hydrogen-bond acceptors (Lipinski definition) is 4. The quantitative estimate of drug-likeness (QED) is 0.879. The molecule has 0 fully saturated rings. The van der Waals surface area contributed by atoms with E-state index in [4.69, 9.17) is 10.2 Å². The Hall–Kier alpha value is -2.63. The third-order valence-electron chi connectivity index (χ3n) is 2.91. The summed E-state index contributed by atoms with van der Waals surface area (Å²) < 4.78 is 4.65. The molecule has 6 nitrogen and oxygen atoms in total. The number of aromatic nitrogens is 1. The number of benzene rings is 1. The molecule has 0 aliphatic heterocycles. The highest BCUT2D eigenvalue weighted by Gasteiger charge is 2.16. The van der Waals surface area contributed by atoms with Crippen LogP contribution >= 0.6 is 0 Å². The first-order valence-electron chi connectivity index (χ1n) is 5.45. The molecular weight excluding hydrogens is 250 g/mol. The number of aromatic carboxylic acids is 2. The van der Waals surface area contributed by atoms with Gasteiger partial charge in [0.25, 0.3) is 0 Å². The van der Waals surface area contributed by atoms with Gasteiger partial charge >= 0.3 is 11.9 Å². The van der Waals surface area contributed by atoms with E-state index >= 15 is 0 Å². The normalized spacial score (nSPS) is 10.4. The van der Waals surface area contributed by atoms with Crippen LogP contribution in [-0.2, 0) is 0 Å². The summed E-state index contributed by atoms with van der Waals surface area (Å²) in [6.45, 7) is 3.50. The monoisotopic (exact) mass is 261 g/mol. The Labute approximate surface area is 108 Å². The lowest BCUT2D eigenvalue weighted by Gasteiger charge is -2.07. The molecule has 0 atom stereocenters. The zero-order valence-electron chi connectivity index (χ0n) is 10.3. The van der Waals surface area contributed by atoms with Crippen molar-refractivity contribution in [2.75, 3.05) is 0 Å². The Balaban J connectivity index is 2.56. The molecule has 2 rings (SSSR count). The molecule has 19 heavy (non-hydrogen) atoms. The van der Waals surface area contributed by atoms with Gasteiger partial charge in [0.05, 0.1) is 5.56 Å².